The van der Waals surface area contributed by atoms with Gasteiger partial charge < -0.3 is 4.74 Å². The van der Waals surface area contributed by atoms with Gasteiger partial charge in [0.1, 0.15) is 6.10 Å². The van der Waals surface area contributed by atoms with Crippen molar-refractivity contribution in [1.82, 2.24) is 14.9 Å². The summed E-state index contributed by atoms with van der Waals surface area (Å²) in [5.74, 6) is 0. The number of likely N-dealkylation sites (tertiary alicyclic amines) is 1. The molecule has 0 bridgehead atoms. The molecule has 0 saturated carbocycles. The van der Waals surface area contributed by atoms with E-state index < -0.39 is 0 Å². The van der Waals surface area contributed by atoms with Gasteiger partial charge in [0.2, 0.25) is 0 Å². The highest BCUT2D eigenvalue weighted by Gasteiger charge is 2.21. The molecule has 0 atom stereocenters. The molecule has 3 heterocycles. The average molecular weight is 317 g/mol. The van der Waals surface area contributed by atoms with Crippen molar-refractivity contribution in [3.8, 4) is 6.01 Å². The molecule has 0 unspecified atom stereocenters. The first kappa shape index (κ1) is 15.4. The van der Waals surface area contributed by atoms with Gasteiger partial charge in [-0.25, -0.2) is 9.97 Å². The average Bonchev–Trinajstić information content (AvgIpc) is 2.95. The van der Waals surface area contributed by atoms with Gasteiger partial charge in [-0.3, -0.25) is 4.90 Å². The Morgan fingerprint density at radius 2 is 1.95 bits per heavy atom. The fourth-order valence-corrected chi connectivity index (χ4v) is 3.64. The molecule has 4 nitrogen and oxygen atoms in total. The van der Waals surface area contributed by atoms with Gasteiger partial charge in [0.25, 0.3) is 0 Å². The maximum Gasteiger partial charge on any atom is 0.316 e. The number of aromatic nitrogens is 2. The van der Waals surface area contributed by atoms with E-state index in [0.717, 1.165) is 44.5 Å². The lowest BCUT2D eigenvalue weighted by atomic mass is 10.1. The molecule has 1 aliphatic heterocycles. The van der Waals surface area contributed by atoms with Crippen LogP contribution in [0.2, 0.25) is 0 Å². The minimum atomic E-state index is 0.244. The number of aryl methyl sites for hydroxylation is 2. The van der Waals surface area contributed by atoms with Crippen LogP contribution < -0.4 is 4.74 Å². The molecule has 1 saturated heterocycles. The molecular formula is C17H23N3OS. The Labute approximate surface area is 136 Å². The van der Waals surface area contributed by atoms with Crippen LogP contribution in [0, 0.1) is 6.92 Å². The maximum atomic E-state index is 5.91. The largest absolute Gasteiger partial charge is 0.460 e. The molecule has 0 aliphatic carbocycles. The van der Waals surface area contributed by atoms with E-state index in [2.05, 4.69) is 40.8 Å². The number of hydrogen-bond acceptors (Lipinski definition) is 5. The number of thiophene rings is 1. The highest BCUT2D eigenvalue weighted by Crippen LogP contribution is 2.21. The monoisotopic (exact) mass is 317 g/mol. The van der Waals surface area contributed by atoms with E-state index in [1.165, 1.54) is 9.75 Å². The molecule has 0 amide bonds. The van der Waals surface area contributed by atoms with Crippen molar-refractivity contribution in [3.05, 3.63) is 39.8 Å². The Hall–Kier alpha value is -1.46. The predicted octanol–water partition coefficient (Wildman–Crippen LogP) is 3.45. The summed E-state index contributed by atoms with van der Waals surface area (Å²) in [5.41, 5.74) is 1.15. The van der Waals surface area contributed by atoms with Crippen molar-refractivity contribution in [2.24, 2.45) is 0 Å². The van der Waals surface area contributed by atoms with Crippen LogP contribution in [-0.4, -0.2) is 34.1 Å². The van der Waals surface area contributed by atoms with Gasteiger partial charge in [-0.1, -0.05) is 6.92 Å². The van der Waals surface area contributed by atoms with Crippen LogP contribution in [0.4, 0.5) is 0 Å². The number of piperidine rings is 1. The number of ether oxygens (including phenoxy) is 1. The van der Waals surface area contributed by atoms with Gasteiger partial charge in [-0.15, -0.1) is 11.3 Å². The van der Waals surface area contributed by atoms with E-state index in [1.54, 1.807) is 0 Å². The third-order valence-electron chi connectivity index (χ3n) is 4.07. The van der Waals surface area contributed by atoms with E-state index in [9.17, 15) is 0 Å². The first-order valence-electron chi connectivity index (χ1n) is 7.98. The molecule has 118 valence electrons. The molecule has 1 fully saturated rings. The Bertz CT molecular complexity index is 588. The molecule has 0 radical (unpaired) electrons. The standard InChI is InChI=1S/C17H23N3OS/c1-3-14-10-18-17(19-11-14)21-15-6-8-20(9-7-15)12-16-5-4-13(2)22-16/h4-5,10-11,15H,3,6-9,12H2,1-2H3. The highest BCUT2D eigenvalue weighted by atomic mass is 32.1. The summed E-state index contributed by atoms with van der Waals surface area (Å²) in [7, 11) is 0. The second-order valence-corrected chi connectivity index (χ2v) is 7.21. The minimum Gasteiger partial charge on any atom is -0.460 e. The first-order chi connectivity index (χ1) is 10.7. The molecule has 1 aliphatic rings. The third kappa shape index (κ3) is 4.05. The van der Waals surface area contributed by atoms with E-state index in [0.29, 0.717) is 6.01 Å². The van der Waals surface area contributed by atoms with Crippen molar-refractivity contribution >= 4 is 11.3 Å². The molecule has 2 aromatic heterocycles. The van der Waals surface area contributed by atoms with Crippen LogP contribution in [-0.2, 0) is 13.0 Å². The normalized spacial score (nSPS) is 16.8. The lowest BCUT2D eigenvalue weighted by Crippen LogP contribution is -2.37. The predicted molar refractivity (Wildman–Crippen MR) is 89.4 cm³/mol. The van der Waals surface area contributed by atoms with Gasteiger partial charge >= 0.3 is 6.01 Å². The Morgan fingerprint density at radius 3 is 2.55 bits per heavy atom. The highest BCUT2D eigenvalue weighted by molar-refractivity contribution is 7.11. The zero-order valence-electron chi connectivity index (χ0n) is 13.3. The Balaban J connectivity index is 1.46. The number of hydrogen-bond donors (Lipinski definition) is 0. The van der Waals surface area contributed by atoms with E-state index in [4.69, 9.17) is 4.74 Å². The van der Waals surface area contributed by atoms with Crippen LogP contribution in [0.15, 0.2) is 24.5 Å². The van der Waals surface area contributed by atoms with Crippen LogP contribution in [0.25, 0.3) is 0 Å². The van der Waals surface area contributed by atoms with Gasteiger partial charge in [-0.05, 0) is 43.9 Å². The second-order valence-electron chi connectivity index (χ2n) is 5.83. The molecule has 0 N–H and O–H groups in total. The second kappa shape index (κ2) is 7.20. The minimum absolute atomic E-state index is 0.244. The number of rotatable bonds is 5. The molecule has 2 aromatic rings. The van der Waals surface area contributed by atoms with Gasteiger partial charge in [0, 0.05) is 41.8 Å². The molecule has 3 rings (SSSR count). The Kier molecular flexibility index (Phi) is 5.05. The van der Waals surface area contributed by atoms with E-state index in [-0.39, 0.29) is 6.10 Å². The van der Waals surface area contributed by atoms with Crippen LogP contribution in [0.5, 0.6) is 6.01 Å². The van der Waals surface area contributed by atoms with Crippen molar-refractivity contribution in [3.63, 3.8) is 0 Å². The molecule has 5 heteroatoms. The van der Waals surface area contributed by atoms with Crippen molar-refractivity contribution in [2.45, 2.75) is 45.8 Å². The molecule has 22 heavy (non-hydrogen) atoms. The van der Waals surface area contributed by atoms with Crippen molar-refractivity contribution in [2.75, 3.05) is 13.1 Å². The zero-order chi connectivity index (χ0) is 15.4. The summed E-state index contributed by atoms with van der Waals surface area (Å²) in [4.78, 5) is 13.9. The smallest absolute Gasteiger partial charge is 0.316 e. The zero-order valence-corrected chi connectivity index (χ0v) is 14.1. The quantitative estimate of drug-likeness (QED) is 0.846. The van der Waals surface area contributed by atoms with Crippen LogP contribution in [0.3, 0.4) is 0 Å². The van der Waals surface area contributed by atoms with Crippen LogP contribution >= 0.6 is 11.3 Å². The van der Waals surface area contributed by atoms with Gasteiger partial charge in [-0.2, -0.15) is 0 Å². The van der Waals surface area contributed by atoms with E-state index in [1.807, 2.05) is 23.7 Å². The third-order valence-corrected chi connectivity index (χ3v) is 5.06. The summed E-state index contributed by atoms with van der Waals surface area (Å²) < 4.78 is 5.91. The van der Waals surface area contributed by atoms with Gasteiger partial charge in [0.05, 0.1) is 0 Å². The SMILES string of the molecule is CCc1cnc(OC2CCN(Cc3ccc(C)s3)CC2)nc1. The van der Waals surface area contributed by atoms with Crippen molar-refractivity contribution in [1.29, 1.82) is 0 Å². The summed E-state index contributed by atoms with van der Waals surface area (Å²) in [6.45, 7) is 7.48. The van der Waals surface area contributed by atoms with E-state index >= 15 is 0 Å². The molecule has 0 spiro atoms. The molecule has 0 aromatic carbocycles. The first-order valence-corrected chi connectivity index (χ1v) is 8.80. The fraction of sp³-hybridized carbons (Fsp3) is 0.529. The fourth-order valence-electron chi connectivity index (χ4n) is 2.71. The maximum absolute atomic E-state index is 5.91. The topological polar surface area (TPSA) is 38.2 Å². The van der Waals surface area contributed by atoms with Gasteiger partial charge in [0.15, 0.2) is 0 Å². The summed E-state index contributed by atoms with van der Waals surface area (Å²) in [6, 6.07) is 4.96. The summed E-state index contributed by atoms with van der Waals surface area (Å²) >= 11 is 1.90. The van der Waals surface area contributed by atoms with Crippen LogP contribution in [0.1, 0.15) is 35.1 Å². The summed E-state index contributed by atoms with van der Waals surface area (Å²) in [5, 5.41) is 0. The lowest BCUT2D eigenvalue weighted by Gasteiger charge is -2.31. The summed E-state index contributed by atoms with van der Waals surface area (Å²) in [6.07, 6.45) is 7.01. The lowest BCUT2D eigenvalue weighted by molar-refractivity contribution is 0.0897. The van der Waals surface area contributed by atoms with Crippen molar-refractivity contribution < 1.29 is 4.74 Å². The Morgan fingerprint density at radius 1 is 1.23 bits per heavy atom. The molecular weight excluding hydrogens is 294 g/mol. The number of nitrogens with zero attached hydrogens (tertiary/aromatic N) is 3.